The number of carbonyl (C=O) groups is 2. The van der Waals surface area contributed by atoms with Gasteiger partial charge in [-0.3, -0.25) is 9.59 Å². The highest BCUT2D eigenvalue weighted by molar-refractivity contribution is 6.35. The molecule has 0 saturated carbocycles. The van der Waals surface area contributed by atoms with Crippen molar-refractivity contribution in [2.24, 2.45) is 0 Å². The number of nitrogens with one attached hydrogen (secondary N) is 2. The largest absolute Gasteiger partial charge is 0.395 e. The van der Waals surface area contributed by atoms with Crippen LogP contribution in [-0.2, 0) is 9.59 Å². The number of hydrogen-bond donors (Lipinski definition) is 3. The molecule has 0 bridgehead atoms. The predicted molar refractivity (Wildman–Crippen MR) is 48.0 cm³/mol. The van der Waals surface area contributed by atoms with Crippen molar-refractivity contribution in [1.29, 1.82) is 0 Å². The average Bonchev–Trinajstić information content (AvgIpc) is 2.14. The number of hydrogen-bond acceptors (Lipinski definition) is 3. The zero-order chi connectivity index (χ0) is 10.1. The Hall–Kier alpha value is -1.10. The zero-order valence-corrected chi connectivity index (χ0v) is 7.80. The smallest absolute Gasteiger partial charge is 0.309 e. The van der Waals surface area contributed by atoms with Crippen LogP contribution < -0.4 is 10.6 Å². The topological polar surface area (TPSA) is 78.4 Å². The first-order valence-electron chi connectivity index (χ1n) is 4.39. The maximum atomic E-state index is 10.9. The van der Waals surface area contributed by atoms with Gasteiger partial charge in [0.1, 0.15) is 0 Å². The van der Waals surface area contributed by atoms with Crippen LogP contribution in [0.25, 0.3) is 0 Å². The van der Waals surface area contributed by atoms with E-state index < -0.39 is 11.8 Å². The Bertz CT molecular complexity index is 171. The summed E-state index contributed by atoms with van der Waals surface area (Å²) < 4.78 is 0. The summed E-state index contributed by atoms with van der Waals surface area (Å²) in [6, 6.07) is 0. The van der Waals surface area contributed by atoms with Gasteiger partial charge in [0.25, 0.3) is 0 Å². The molecule has 0 aliphatic rings. The van der Waals surface area contributed by atoms with Crippen molar-refractivity contribution in [3.8, 4) is 0 Å². The van der Waals surface area contributed by atoms with Gasteiger partial charge in [0.15, 0.2) is 0 Å². The SMILES string of the molecule is CCCCNC(=O)C(=O)NCCO. The second-order valence-corrected chi connectivity index (χ2v) is 2.59. The highest BCUT2D eigenvalue weighted by atomic mass is 16.3. The van der Waals surface area contributed by atoms with E-state index in [4.69, 9.17) is 5.11 Å². The van der Waals surface area contributed by atoms with Crippen molar-refractivity contribution in [3.63, 3.8) is 0 Å². The fourth-order valence-electron chi connectivity index (χ4n) is 0.709. The number of aliphatic hydroxyl groups excluding tert-OH is 1. The molecule has 2 amide bonds. The Balaban J connectivity index is 3.51. The summed E-state index contributed by atoms with van der Waals surface area (Å²) in [5.74, 6) is -1.33. The maximum Gasteiger partial charge on any atom is 0.309 e. The fraction of sp³-hybridized carbons (Fsp3) is 0.750. The van der Waals surface area contributed by atoms with Crippen molar-refractivity contribution in [2.75, 3.05) is 19.7 Å². The molecule has 0 rings (SSSR count). The molecule has 0 aromatic heterocycles. The van der Waals surface area contributed by atoms with Gasteiger partial charge in [-0.05, 0) is 6.42 Å². The maximum absolute atomic E-state index is 10.9. The van der Waals surface area contributed by atoms with Gasteiger partial charge in [0, 0.05) is 13.1 Å². The molecule has 0 radical (unpaired) electrons. The fourth-order valence-corrected chi connectivity index (χ4v) is 0.709. The highest BCUT2D eigenvalue weighted by Crippen LogP contribution is 1.82. The van der Waals surface area contributed by atoms with Crippen LogP contribution in [-0.4, -0.2) is 36.6 Å². The summed E-state index contributed by atoms with van der Waals surface area (Å²) in [6.07, 6.45) is 1.83. The number of rotatable bonds is 5. The quantitative estimate of drug-likeness (QED) is 0.383. The van der Waals surface area contributed by atoms with Crippen molar-refractivity contribution in [2.45, 2.75) is 19.8 Å². The Labute approximate surface area is 77.5 Å². The first-order valence-corrected chi connectivity index (χ1v) is 4.39. The van der Waals surface area contributed by atoms with E-state index in [0.29, 0.717) is 6.54 Å². The second-order valence-electron chi connectivity index (χ2n) is 2.59. The molecule has 13 heavy (non-hydrogen) atoms. The third kappa shape index (κ3) is 6.10. The standard InChI is InChI=1S/C8H16N2O3/c1-2-3-4-9-7(12)8(13)10-5-6-11/h11H,2-6H2,1H3,(H,9,12)(H,10,13). The van der Waals surface area contributed by atoms with Crippen molar-refractivity contribution in [3.05, 3.63) is 0 Å². The first-order chi connectivity index (χ1) is 6.22. The molecule has 0 aliphatic heterocycles. The van der Waals surface area contributed by atoms with Crippen LogP contribution in [0.2, 0.25) is 0 Å². The molecule has 0 saturated heterocycles. The van der Waals surface area contributed by atoms with Crippen molar-refractivity contribution in [1.82, 2.24) is 10.6 Å². The highest BCUT2D eigenvalue weighted by Gasteiger charge is 2.10. The van der Waals surface area contributed by atoms with E-state index in [9.17, 15) is 9.59 Å². The molecule has 0 atom stereocenters. The third-order valence-electron chi connectivity index (χ3n) is 1.42. The molecule has 0 aromatic carbocycles. The molecular formula is C8H16N2O3. The van der Waals surface area contributed by atoms with Gasteiger partial charge in [-0.15, -0.1) is 0 Å². The summed E-state index contributed by atoms with van der Waals surface area (Å²) >= 11 is 0. The molecule has 5 nitrogen and oxygen atoms in total. The van der Waals surface area contributed by atoms with E-state index in [1.54, 1.807) is 0 Å². The van der Waals surface area contributed by atoms with Gasteiger partial charge < -0.3 is 15.7 Å². The van der Waals surface area contributed by atoms with Crippen molar-refractivity contribution >= 4 is 11.8 Å². The van der Waals surface area contributed by atoms with Crippen LogP contribution in [0.3, 0.4) is 0 Å². The molecule has 5 heteroatoms. The van der Waals surface area contributed by atoms with Gasteiger partial charge >= 0.3 is 11.8 Å². The van der Waals surface area contributed by atoms with E-state index >= 15 is 0 Å². The zero-order valence-electron chi connectivity index (χ0n) is 7.80. The number of aliphatic hydroxyl groups is 1. The third-order valence-corrected chi connectivity index (χ3v) is 1.42. The van der Waals surface area contributed by atoms with E-state index in [1.165, 1.54) is 0 Å². The predicted octanol–water partition coefficient (Wildman–Crippen LogP) is -0.989. The van der Waals surface area contributed by atoms with Gasteiger partial charge in [0.05, 0.1) is 6.61 Å². The summed E-state index contributed by atoms with van der Waals surface area (Å²) in [5, 5.41) is 13.1. The van der Waals surface area contributed by atoms with Crippen LogP contribution in [0, 0.1) is 0 Å². The van der Waals surface area contributed by atoms with Crippen molar-refractivity contribution < 1.29 is 14.7 Å². The Kier molecular flexibility index (Phi) is 6.91. The summed E-state index contributed by atoms with van der Waals surface area (Å²) in [7, 11) is 0. The molecule has 0 aliphatic carbocycles. The van der Waals surface area contributed by atoms with Gasteiger partial charge in [0.2, 0.25) is 0 Å². The minimum atomic E-state index is -0.690. The molecule has 0 unspecified atom stereocenters. The lowest BCUT2D eigenvalue weighted by atomic mass is 10.3. The van der Waals surface area contributed by atoms with Crippen LogP contribution >= 0.6 is 0 Å². The van der Waals surface area contributed by atoms with Gasteiger partial charge in [-0.1, -0.05) is 13.3 Å². The molecule has 0 aromatic rings. The molecule has 0 spiro atoms. The number of carbonyl (C=O) groups excluding carboxylic acids is 2. The lowest BCUT2D eigenvalue weighted by Gasteiger charge is -2.03. The molecule has 0 fully saturated rings. The summed E-state index contributed by atoms with van der Waals surface area (Å²) in [6.45, 7) is 2.47. The summed E-state index contributed by atoms with van der Waals surface area (Å²) in [4.78, 5) is 21.8. The summed E-state index contributed by atoms with van der Waals surface area (Å²) in [5.41, 5.74) is 0. The normalized spacial score (nSPS) is 9.38. The molecule has 0 heterocycles. The Morgan fingerprint density at radius 2 is 1.69 bits per heavy atom. The van der Waals surface area contributed by atoms with Crippen LogP contribution in [0.5, 0.6) is 0 Å². The Morgan fingerprint density at radius 1 is 1.15 bits per heavy atom. The monoisotopic (exact) mass is 188 g/mol. The number of unbranched alkanes of at least 4 members (excludes halogenated alkanes) is 1. The second kappa shape index (κ2) is 7.54. The van der Waals surface area contributed by atoms with Crippen LogP contribution in [0.1, 0.15) is 19.8 Å². The van der Waals surface area contributed by atoms with Gasteiger partial charge in [-0.25, -0.2) is 0 Å². The van der Waals surface area contributed by atoms with E-state index in [1.807, 2.05) is 6.92 Å². The minimum Gasteiger partial charge on any atom is -0.395 e. The minimum absolute atomic E-state index is 0.111. The van der Waals surface area contributed by atoms with E-state index in [2.05, 4.69) is 10.6 Å². The lowest BCUT2D eigenvalue weighted by Crippen LogP contribution is -2.41. The van der Waals surface area contributed by atoms with Crippen LogP contribution in [0.4, 0.5) is 0 Å². The van der Waals surface area contributed by atoms with Crippen LogP contribution in [0.15, 0.2) is 0 Å². The number of amides is 2. The molecule has 3 N–H and O–H groups in total. The molecule has 76 valence electrons. The molecular weight excluding hydrogens is 172 g/mol. The Morgan fingerprint density at radius 3 is 2.15 bits per heavy atom. The first kappa shape index (κ1) is 11.9. The van der Waals surface area contributed by atoms with Gasteiger partial charge in [-0.2, -0.15) is 0 Å². The van der Waals surface area contributed by atoms with E-state index in [-0.39, 0.29) is 13.2 Å². The lowest BCUT2D eigenvalue weighted by molar-refractivity contribution is -0.139. The average molecular weight is 188 g/mol. The van der Waals surface area contributed by atoms with E-state index in [0.717, 1.165) is 12.8 Å².